The van der Waals surface area contributed by atoms with Crippen molar-refractivity contribution >= 4 is 59.6 Å². The molecule has 0 aliphatic carbocycles. The number of nitrogens with zero attached hydrogens (tertiary/aromatic N) is 2. The van der Waals surface area contributed by atoms with Crippen LogP contribution in [0, 0.1) is 12.8 Å². The summed E-state index contributed by atoms with van der Waals surface area (Å²) in [5.74, 6) is 0.0185. The summed E-state index contributed by atoms with van der Waals surface area (Å²) in [6.45, 7) is 9.56. The number of piperazine rings is 1. The number of halogens is 4. The fourth-order valence-corrected chi connectivity index (χ4v) is 3.72. The Balaban J connectivity index is 0.00000225. The molecule has 1 aliphatic rings. The van der Waals surface area contributed by atoms with Gasteiger partial charge in [-0.3, -0.25) is 9.69 Å². The first-order chi connectivity index (χ1) is 13.4. The van der Waals surface area contributed by atoms with E-state index in [1.807, 2.05) is 56.3 Å². The smallest absolute Gasteiger partial charge is 0.228 e. The summed E-state index contributed by atoms with van der Waals surface area (Å²) in [6, 6.07) is 13.7. The van der Waals surface area contributed by atoms with Crippen LogP contribution in [-0.4, -0.2) is 48.4 Å². The maximum absolute atomic E-state index is 12.5. The van der Waals surface area contributed by atoms with Gasteiger partial charge < -0.3 is 10.2 Å². The second-order valence-electron chi connectivity index (χ2n) is 7.58. The van der Waals surface area contributed by atoms with Crippen molar-refractivity contribution in [1.82, 2.24) is 9.80 Å². The van der Waals surface area contributed by atoms with E-state index in [4.69, 9.17) is 23.2 Å². The number of aryl methyl sites for hydroxylation is 1. The summed E-state index contributed by atoms with van der Waals surface area (Å²) in [4.78, 5) is 17.2. The molecule has 3 rings (SSSR count). The Hall–Kier alpha value is -1.01. The van der Waals surface area contributed by atoms with Crippen molar-refractivity contribution in [2.75, 3.05) is 38.0 Å². The number of amides is 1. The van der Waals surface area contributed by atoms with Crippen LogP contribution in [0.4, 0.5) is 5.69 Å². The molecule has 1 amide bonds. The molecule has 2 aromatic carbocycles. The summed E-state index contributed by atoms with van der Waals surface area (Å²) in [5, 5.41) is 4.20. The molecule has 2 aromatic rings. The van der Waals surface area contributed by atoms with Crippen LogP contribution in [0.15, 0.2) is 42.5 Å². The van der Waals surface area contributed by atoms with Crippen molar-refractivity contribution in [1.29, 1.82) is 0 Å². The molecule has 1 atom stereocenters. The molecule has 1 heterocycles. The van der Waals surface area contributed by atoms with E-state index >= 15 is 0 Å². The predicted octanol–water partition coefficient (Wildman–Crippen LogP) is 5.54. The number of hydrogen-bond acceptors (Lipinski definition) is 3. The van der Waals surface area contributed by atoms with Crippen LogP contribution in [0.25, 0.3) is 0 Å². The minimum atomic E-state index is -0.0528. The van der Waals surface area contributed by atoms with Gasteiger partial charge in [-0.2, -0.15) is 0 Å². The van der Waals surface area contributed by atoms with E-state index in [9.17, 15) is 4.79 Å². The molecule has 1 fully saturated rings. The minimum absolute atomic E-state index is 0. The van der Waals surface area contributed by atoms with Gasteiger partial charge in [0.25, 0.3) is 0 Å². The number of rotatable bonds is 6. The molecule has 0 spiro atoms. The molecule has 0 aromatic heterocycles. The summed E-state index contributed by atoms with van der Waals surface area (Å²) < 4.78 is 0. The molecule has 1 unspecified atom stereocenters. The SMILES string of the molecule is Cc1ccc(NC(=O)C(C)CN2CCN(Cc3ccc(Cl)c(Cl)c3)CC2)cc1.Cl.Cl. The van der Waals surface area contributed by atoms with E-state index in [-0.39, 0.29) is 36.6 Å². The maximum atomic E-state index is 12.5. The maximum Gasteiger partial charge on any atom is 0.228 e. The first-order valence-electron chi connectivity index (χ1n) is 9.67. The van der Waals surface area contributed by atoms with Gasteiger partial charge in [-0.15, -0.1) is 24.8 Å². The molecule has 30 heavy (non-hydrogen) atoms. The van der Waals surface area contributed by atoms with Gasteiger partial charge in [-0.25, -0.2) is 0 Å². The second kappa shape index (κ2) is 12.7. The molecule has 0 radical (unpaired) electrons. The van der Waals surface area contributed by atoms with Gasteiger partial charge in [-0.05, 0) is 36.8 Å². The first kappa shape index (κ1) is 27.0. The standard InChI is InChI=1S/C22H27Cl2N3O.2ClH/c1-16-3-6-19(7-4-16)25-22(28)17(2)14-26-9-11-27(12-10-26)15-18-5-8-20(23)21(24)13-18;;/h3-8,13,17H,9-12,14-15H2,1-2H3,(H,25,28);2*1H. The Morgan fingerprint density at radius 1 is 0.967 bits per heavy atom. The van der Waals surface area contributed by atoms with Crippen LogP contribution in [-0.2, 0) is 11.3 Å². The van der Waals surface area contributed by atoms with Crippen LogP contribution in [0.5, 0.6) is 0 Å². The summed E-state index contributed by atoms with van der Waals surface area (Å²) in [5.41, 5.74) is 3.22. The lowest BCUT2D eigenvalue weighted by molar-refractivity contribution is -0.120. The quantitative estimate of drug-likeness (QED) is 0.575. The topological polar surface area (TPSA) is 35.6 Å². The Morgan fingerprint density at radius 2 is 1.57 bits per heavy atom. The van der Waals surface area contributed by atoms with Gasteiger partial charge in [-0.1, -0.05) is 53.9 Å². The fourth-order valence-electron chi connectivity index (χ4n) is 3.40. The van der Waals surface area contributed by atoms with Gasteiger partial charge in [0.15, 0.2) is 0 Å². The van der Waals surface area contributed by atoms with Crippen molar-refractivity contribution in [3.05, 3.63) is 63.6 Å². The number of nitrogens with one attached hydrogen (secondary N) is 1. The number of hydrogen-bond donors (Lipinski definition) is 1. The number of carbonyl (C=O) groups is 1. The highest BCUT2D eigenvalue weighted by Gasteiger charge is 2.22. The average molecular weight is 493 g/mol. The van der Waals surface area contributed by atoms with Crippen molar-refractivity contribution in [3.63, 3.8) is 0 Å². The molecule has 8 heteroatoms. The fraction of sp³-hybridized carbons (Fsp3) is 0.409. The third kappa shape index (κ3) is 7.92. The Labute approximate surface area is 201 Å². The second-order valence-corrected chi connectivity index (χ2v) is 8.40. The highest BCUT2D eigenvalue weighted by atomic mass is 35.5. The van der Waals surface area contributed by atoms with Crippen molar-refractivity contribution in [3.8, 4) is 0 Å². The lowest BCUT2D eigenvalue weighted by Crippen LogP contribution is -2.48. The molecule has 4 nitrogen and oxygen atoms in total. The Kier molecular flexibility index (Phi) is 11.5. The number of benzene rings is 2. The number of carbonyl (C=O) groups excluding carboxylic acids is 1. The van der Waals surface area contributed by atoms with Gasteiger partial charge in [0.1, 0.15) is 0 Å². The zero-order valence-corrected chi connectivity index (χ0v) is 20.4. The van der Waals surface area contributed by atoms with E-state index in [1.54, 1.807) is 0 Å². The lowest BCUT2D eigenvalue weighted by atomic mass is 10.1. The van der Waals surface area contributed by atoms with Crippen LogP contribution in [0.2, 0.25) is 10.0 Å². The van der Waals surface area contributed by atoms with Crippen LogP contribution < -0.4 is 5.32 Å². The van der Waals surface area contributed by atoms with E-state index in [0.29, 0.717) is 10.0 Å². The average Bonchev–Trinajstić information content (AvgIpc) is 2.68. The van der Waals surface area contributed by atoms with Gasteiger partial charge >= 0.3 is 0 Å². The summed E-state index contributed by atoms with van der Waals surface area (Å²) in [6.07, 6.45) is 0. The lowest BCUT2D eigenvalue weighted by Gasteiger charge is -2.35. The van der Waals surface area contributed by atoms with Crippen LogP contribution in [0.1, 0.15) is 18.1 Å². The van der Waals surface area contributed by atoms with Crippen LogP contribution in [0.3, 0.4) is 0 Å². The van der Waals surface area contributed by atoms with E-state index in [2.05, 4.69) is 15.1 Å². The number of anilines is 1. The van der Waals surface area contributed by atoms with Crippen LogP contribution >= 0.6 is 48.0 Å². The van der Waals surface area contributed by atoms with E-state index in [0.717, 1.165) is 45.0 Å². The molecule has 166 valence electrons. The minimum Gasteiger partial charge on any atom is -0.326 e. The molecule has 1 aliphatic heterocycles. The molecule has 0 saturated carbocycles. The monoisotopic (exact) mass is 491 g/mol. The zero-order valence-electron chi connectivity index (χ0n) is 17.2. The summed E-state index contributed by atoms with van der Waals surface area (Å²) >= 11 is 12.1. The summed E-state index contributed by atoms with van der Waals surface area (Å²) in [7, 11) is 0. The Morgan fingerprint density at radius 3 is 2.17 bits per heavy atom. The predicted molar refractivity (Wildman–Crippen MR) is 132 cm³/mol. The van der Waals surface area contributed by atoms with Gasteiger partial charge in [0.2, 0.25) is 5.91 Å². The molecular weight excluding hydrogens is 464 g/mol. The molecule has 0 bridgehead atoms. The third-order valence-corrected chi connectivity index (χ3v) is 5.89. The Bertz CT molecular complexity index is 809. The molecule has 1 N–H and O–H groups in total. The first-order valence-corrected chi connectivity index (χ1v) is 10.4. The highest BCUT2D eigenvalue weighted by Crippen LogP contribution is 2.23. The third-order valence-electron chi connectivity index (χ3n) is 5.15. The van der Waals surface area contributed by atoms with Crippen molar-refractivity contribution in [2.24, 2.45) is 5.92 Å². The van der Waals surface area contributed by atoms with Gasteiger partial charge in [0.05, 0.1) is 10.0 Å². The van der Waals surface area contributed by atoms with Crippen molar-refractivity contribution in [2.45, 2.75) is 20.4 Å². The van der Waals surface area contributed by atoms with Gasteiger partial charge in [0, 0.05) is 50.9 Å². The van der Waals surface area contributed by atoms with Crippen molar-refractivity contribution < 1.29 is 4.79 Å². The normalized spacial score (nSPS) is 15.6. The largest absolute Gasteiger partial charge is 0.326 e. The molecule has 1 saturated heterocycles. The highest BCUT2D eigenvalue weighted by molar-refractivity contribution is 6.42. The zero-order chi connectivity index (χ0) is 20.1. The van der Waals surface area contributed by atoms with E-state index in [1.165, 1.54) is 11.1 Å². The molecular formula is C22H29Cl4N3O. The van der Waals surface area contributed by atoms with E-state index < -0.39 is 0 Å².